The fraction of sp³-hybridized carbons (Fsp3) is 0.500. The maximum Gasteiger partial charge on any atom is 0.151 e. The third-order valence-corrected chi connectivity index (χ3v) is 5.73. The van der Waals surface area contributed by atoms with E-state index < -0.39 is 27.2 Å². The highest BCUT2D eigenvalue weighted by Gasteiger charge is 2.47. The molecule has 1 fully saturated rings. The maximum atomic E-state index is 13.8. The number of rotatable bonds is 3. The van der Waals surface area contributed by atoms with E-state index in [4.69, 9.17) is 17.3 Å². The Morgan fingerprint density at radius 1 is 1.53 bits per heavy atom. The van der Waals surface area contributed by atoms with E-state index in [9.17, 15) is 17.9 Å². The average Bonchev–Trinajstić information content (AvgIpc) is 2.68. The molecule has 106 valence electrons. The van der Waals surface area contributed by atoms with Gasteiger partial charge in [0.25, 0.3) is 0 Å². The van der Waals surface area contributed by atoms with Crippen LogP contribution in [0.2, 0.25) is 5.02 Å². The number of aliphatic hydroxyl groups excluding tert-OH is 1. The van der Waals surface area contributed by atoms with Crippen molar-refractivity contribution in [1.29, 1.82) is 0 Å². The van der Waals surface area contributed by atoms with Crippen LogP contribution < -0.4 is 5.73 Å². The molecule has 1 aliphatic rings. The van der Waals surface area contributed by atoms with Crippen molar-refractivity contribution in [3.8, 4) is 0 Å². The molecule has 19 heavy (non-hydrogen) atoms. The lowest BCUT2D eigenvalue weighted by Crippen LogP contribution is -2.38. The lowest BCUT2D eigenvalue weighted by atomic mass is 9.78. The first-order valence-electron chi connectivity index (χ1n) is 5.83. The summed E-state index contributed by atoms with van der Waals surface area (Å²) in [5, 5.41) is 10.6. The first kappa shape index (κ1) is 14.7. The molecular formula is C12H15ClFNO3S. The topological polar surface area (TPSA) is 80.4 Å². The molecule has 3 N–H and O–H groups in total. The zero-order chi connectivity index (χ0) is 14.3. The summed E-state index contributed by atoms with van der Waals surface area (Å²) in [6, 6.07) is 3.83. The van der Waals surface area contributed by atoms with Crippen molar-refractivity contribution in [2.75, 3.05) is 18.1 Å². The van der Waals surface area contributed by atoms with Crippen molar-refractivity contribution in [2.24, 2.45) is 11.1 Å². The molecule has 0 aromatic heterocycles. The normalized spacial score (nSPS) is 27.4. The van der Waals surface area contributed by atoms with Gasteiger partial charge in [-0.1, -0.05) is 11.6 Å². The summed E-state index contributed by atoms with van der Waals surface area (Å²) < 4.78 is 37.0. The predicted molar refractivity (Wildman–Crippen MR) is 71.1 cm³/mol. The van der Waals surface area contributed by atoms with Gasteiger partial charge < -0.3 is 10.8 Å². The molecule has 1 aliphatic heterocycles. The number of hydrogen-bond acceptors (Lipinski definition) is 4. The summed E-state index contributed by atoms with van der Waals surface area (Å²) in [6.45, 7) is -0.0284. The second-order valence-corrected chi connectivity index (χ2v) is 7.60. The molecule has 1 saturated heterocycles. The molecule has 0 bridgehead atoms. The molecular weight excluding hydrogens is 293 g/mol. The Bertz CT molecular complexity index is 593. The van der Waals surface area contributed by atoms with Gasteiger partial charge in [0.1, 0.15) is 5.82 Å². The molecule has 2 rings (SSSR count). The van der Waals surface area contributed by atoms with Gasteiger partial charge in [0, 0.05) is 22.5 Å². The highest BCUT2D eigenvalue weighted by Crippen LogP contribution is 2.43. The molecule has 1 aromatic rings. The van der Waals surface area contributed by atoms with Crippen molar-refractivity contribution in [3.05, 3.63) is 34.6 Å². The number of benzene rings is 1. The van der Waals surface area contributed by atoms with Crippen molar-refractivity contribution in [2.45, 2.75) is 12.5 Å². The molecule has 7 heteroatoms. The third-order valence-electron chi connectivity index (χ3n) is 3.66. The first-order chi connectivity index (χ1) is 8.80. The maximum absolute atomic E-state index is 13.8. The molecule has 0 spiro atoms. The number of aliphatic hydroxyl groups is 1. The second-order valence-electron chi connectivity index (χ2n) is 4.98. The van der Waals surface area contributed by atoms with Gasteiger partial charge in [-0.15, -0.1) is 0 Å². The average molecular weight is 308 g/mol. The molecule has 1 heterocycles. The summed E-state index contributed by atoms with van der Waals surface area (Å²) in [7, 11) is -3.24. The number of nitrogens with two attached hydrogens (primary N) is 1. The van der Waals surface area contributed by atoms with Gasteiger partial charge in [0.15, 0.2) is 9.84 Å². The van der Waals surface area contributed by atoms with Crippen LogP contribution in [0.5, 0.6) is 0 Å². The number of sulfone groups is 1. The van der Waals surface area contributed by atoms with Crippen LogP contribution >= 0.6 is 11.6 Å². The van der Waals surface area contributed by atoms with E-state index in [0.717, 1.165) is 6.07 Å². The fourth-order valence-corrected chi connectivity index (χ4v) is 4.82. The summed E-state index contributed by atoms with van der Waals surface area (Å²) in [4.78, 5) is 0. The van der Waals surface area contributed by atoms with Gasteiger partial charge in [-0.05, 0) is 24.6 Å². The van der Waals surface area contributed by atoms with Crippen LogP contribution in [0.15, 0.2) is 18.2 Å². The zero-order valence-corrected chi connectivity index (χ0v) is 11.7. The SMILES string of the molecule is NCC1(C(O)c2cc(Cl)ccc2F)CCS(=O)(=O)C1. The summed E-state index contributed by atoms with van der Waals surface area (Å²) in [6.07, 6.45) is -1.06. The minimum Gasteiger partial charge on any atom is -0.388 e. The van der Waals surface area contributed by atoms with Crippen LogP contribution in [-0.2, 0) is 9.84 Å². The highest BCUT2D eigenvalue weighted by molar-refractivity contribution is 7.91. The van der Waals surface area contributed by atoms with Gasteiger partial charge in [-0.3, -0.25) is 0 Å². The van der Waals surface area contributed by atoms with Crippen LogP contribution in [0.4, 0.5) is 4.39 Å². The smallest absolute Gasteiger partial charge is 0.151 e. The fourth-order valence-electron chi connectivity index (χ4n) is 2.48. The van der Waals surface area contributed by atoms with Gasteiger partial charge in [0.05, 0.1) is 17.6 Å². The van der Waals surface area contributed by atoms with Crippen molar-refractivity contribution >= 4 is 21.4 Å². The minimum atomic E-state index is -3.24. The number of halogens is 2. The lowest BCUT2D eigenvalue weighted by Gasteiger charge is -2.32. The summed E-state index contributed by atoms with van der Waals surface area (Å²) >= 11 is 5.78. The van der Waals surface area contributed by atoms with Crippen LogP contribution in [0.1, 0.15) is 18.1 Å². The molecule has 0 aliphatic carbocycles. The van der Waals surface area contributed by atoms with Crippen LogP contribution in [0.3, 0.4) is 0 Å². The second kappa shape index (κ2) is 5.01. The van der Waals surface area contributed by atoms with E-state index >= 15 is 0 Å². The quantitative estimate of drug-likeness (QED) is 0.881. The Morgan fingerprint density at radius 3 is 2.74 bits per heavy atom. The van der Waals surface area contributed by atoms with Crippen LogP contribution in [0.25, 0.3) is 0 Å². The van der Waals surface area contributed by atoms with Crippen LogP contribution in [-0.4, -0.2) is 31.6 Å². The Labute approximate surface area is 116 Å². The predicted octanol–water partition coefficient (Wildman–Crippen LogP) is 1.28. The molecule has 0 saturated carbocycles. The zero-order valence-electron chi connectivity index (χ0n) is 10.1. The molecule has 0 amide bonds. The molecule has 1 aromatic carbocycles. The van der Waals surface area contributed by atoms with Crippen molar-refractivity contribution in [1.82, 2.24) is 0 Å². The minimum absolute atomic E-state index is 0.00458. The lowest BCUT2D eigenvalue weighted by molar-refractivity contribution is 0.0443. The van der Waals surface area contributed by atoms with E-state index in [0.29, 0.717) is 0 Å². The van der Waals surface area contributed by atoms with E-state index in [1.807, 2.05) is 0 Å². The monoisotopic (exact) mass is 307 g/mol. The Hall–Kier alpha value is -0.690. The van der Waals surface area contributed by atoms with Crippen molar-refractivity contribution < 1.29 is 17.9 Å². The molecule has 2 atom stereocenters. The van der Waals surface area contributed by atoms with E-state index in [1.165, 1.54) is 12.1 Å². The largest absolute Gasteiger partial charge is 0.388 e. The van der Waals surface area contributed by atoms with Gasteiger partial charge in [0.2, 0.25) is 0 Å². The molecule has 2 unspecified atom stereocenters. The standard InChI is InChI=1S/C12H15ClFNO3S/c13-8-1-2-10(14)9(5-8)11(16)12(6-15)3-4-19(17,18)7-12/h1-2,5,11,16H,3-4,6-7,15H2. The molecule has 0 radical (unpaired) electrons. The highest BCUT2D eigenvalue weighted by atomic mass is 35.5. The Morgan fingerprint density at radius 2 is 2.21 bits per heavy atom. The Kier molecular flexibility index (Phi) is 3.88. The third kappa shape index (κ3) is 2.76. The van der Waals surface area contributed by atoms with Gasteiger partial charge >= 0.3 is 0 Å². The summed E-state index contributed by atoms with van der Waals surface area (Å²) in [5.74, 6) is -0.887. The summed E-state index contributed by atoms with van der Waals surface area (Å²) in [5.41, 5.74) is 4.59. The van der Waals surface area contributed by atoms with Gasteiger partial charge in [-0.25, -0.2) is 12.8 Å². The van der Waals surface area contributed by atoms with E-state index in [1.54, 1.807) is 0 Å². The van der Waals surface area contributed by atoms with Crippen LogP contribution in [0, 0.1) is 11.2 Å². The number of hydrogen-bond donors (Lipinski definition) is 2. The van der Waals surface area contributed by atoms with E-state index in [-0.39, 0.29) is 35.1 Å². The van der Waals surface area contributed by atoms with Crippen molar-refractivity contribution in [3.63, 3.8) is 0 Å². The van der Waals surface area contributed by atoms with E-state index in [2.05, 4.69) is 0 Å². The van der Waals surface area contributed by atoms with Gasteiger partial charge in [-0.2, -0.15) is 0 Å². The first-order valence-corrected chi connectivity index (χ1v) is 8.03. The Balaban J connectivity index is 2.42. The molecule has 4 nitrogen and oxygen atoms in total.